The predicted molar refractivity (Wildman–Crippen MR) is 243 cm³/mol. The topological polar surface area (TPSA) is 166 Å². The van der Waals surface area contributed by atoms with Crippen molar-refractivity contribution in [2.24, 2.45) is 0 Å². The lowest BCUT2D eigenvalue weighted by molar-refractivity contribution is -0.122. The minimum atomic E-state index is -0.362. The monoisotopic (exact) mass is 857 g/mol. The molecular formula is C50H63N7O6. The second kappa shape index (κ2) is 22.5. The number of rotatable bonds is 9. The number of hydrogen-bond acceptors (Lipinski definition) is 7. The van der Waals surface area contributed by atoms with Crippen LogP contribution in [0.1, 0.15) is 141 Å². The van der Waals surface area contributed by atoms with E-state index in [1.807, 2.05) is 0 Å². The molecule has 5 fully saturated rings. The van der Waals surface area contributed by atoms with E-state index in [1.165, 1.54) is 111 Å². The first-order valence-corrected chi connectivity index (χ1v) is 23.1. The van der Waals surface area contributed by atoms with Crippen LogP contribution in [0, 0.1) is 0 Å². The highest BCUT2D eigenvalue weighted by molar-refractivity contribution is 5.97. The van der Waals surface area contributed by atoms with Crippen molar-refractivity contribution in [2.45, 2.75) is 127 Å². The van der Waals surface area contributed by atoms with Crippen molar-refractivity contribution in [3.8, 4) is 0 Å². The normalized spacial score (nSPS) is 19.0. The van der Waals surface area contributed by atoms with Gasteiger partial charge in [-0.15, -0.1) is 0 Å². The Morgan fingerprint density at radius 2 is 0.857 bits per heavy atom. The van der Waals surface area contributed by atoms with E-state index in [-0.39, 0.29) is 35.1 Å². The molecule has 13 nitrogen and oxygen atoms in total. The van der Waals surface area contributed by atoms with Crippen LogP contribution in [0.2, 0.25) is 0 Å². The van der Waals surface area contributed by atoms with Crippen molar-refractivity contribution < 1.29 is 19.2 Å². The number of urea groups is 2. The Balaban J connectivity index is 0.000000142. The molecule has 3 saturated heterocycles. The number of piperidine rings is 1. The molecule has 0 unspecified atom stereocenters. The van der Waals surface area contributed by atoms with Crippen molar-refractivity contribution in [3.63, 3.8) is 0 Å². The van der Waals surface area contributed by atoms with Gasteiger partial charge in [-0.1, -0.05) is 111 Å². The summed E-state index contributed by atoms with van der Waals surface area (Å²) in [5, 5.41) is 8.09. The number of carbonyl (C=O) groups is 4. The summed E-state index contributed by atoms with van der Waals surface area (Å²) in [6.07, 6.45) is 18.0. The molecule has 13 heteroatoms. The highest BCUT2D eigenvalue weighted by Gasteiger charge is 2.24. The van der Waals surface area contributed by atoms with E-state index in [0.717, 1.165) is 29.8 Å². The number of nitrogens with one attached hydrogen (secondary N) is 4. The third kappa shape index (κ3) is 13.3. The van der Waals surface area contributed by atoms with E-state index < -0.39 is 0 Å². The van der Waals surface area contributed by atoms with E-state index in [1.54, 1.807) is 9.80 Å². The first-order valence-electron chi connectivity index (χ1n) is 23.1. The zero-order valence-corrected chi connectivity index (χ0v) is 36.5. The maximum absolute atomic E-state index is 11.7. The molecule has 2 aliphatic carbocycles. The standard InChI is InChI=1S/C17H22N2O2.C17H20N2O2.C16H21N3O2/c2*20-16-10-11-19(17(21)18-16)12-13-6-8-15(9-7-13)14-4-2-1-3-5-14;20-15-7-10-19(16(21)18-15)11-12-1-3-13(4-2-12)14-5-8-17-9-6-14/h6-9,14H,1-5,10-12H2,(H,18,20,21);6-11,14H,1-5,12H2,(H,18,20,21);1-4,14,17H,5-11H2,(H,18,20,21). The molecular weight excluding hydrogens is 795 g/mol. The van der Waals surface area contributed by atoms with Gasteiger partial charge in [-0.25, -0.2) is 14.4 Å². The maximum atomic E-state index is 11.7. The van der Waals surface area contributed by atoms with E-state index in [0.29, 0.717) is 63.3 Å². The van der Waals surface area contributed by atoms with E-state index in [4.69, 9.17) is 0 Å². The minimum absolute atomic E-state index is 0.177. The Kier molecular flexibility index (Phi) is 16.2. The van der Waals surface area contributed by atoms with Gasteiger partial charge in [0, 0.05) is 51.3 Å². The third-order valence-corrected chi connectivity index (χ3v) is 13.2. The number of aromatic nitrogens is 2. The minimum Gasteiger partial charge on any atom is -0.320 e. The van der Waals surface area contributed by atoms with Crippen molar-refractivity contribution in [3.05, 3.63) is 139 Å². The van der Waals surface area contributed by atoms with Crippen molar-refractivity contribution in [2.75, 3.05) is 26.2 Å². The van der Waals surface area contributed by atoms with Crippen molar-refractivity contribution in [1.82, 2.24) is 35.3 Å². The maximum Gasteiger partial charge on any atom is 0.328 e. The molecule has 0 radical (unpaired) electrons. The lowest BCUT2D eigenvalue weighted by Crippen LogP contribution is -2.48. The molecule has 0 atom stereocenters. The van der Waals surface area contributed by atoms with E-state index in [2.05, 4.69) is 93.7 Å². The van der Waals surface area contributed by atoms with Gasteiger partial charge in [-0.05, 0) is 103 Å². The number of carbonyl (C=O) groups excluding carboxylic acids is 4. The number of hydrogen-bond donors (Lipinski definition) is 4. The van der Waals surface area contributed by atoms with Crippen molar-refractivity contribution in [1.29, 1.82) is 0 Å². The number of benzene rings is 3. The zero-order valence-electron chi connectivity index (χ0n) is 36.5. The number of nitrogens with zero attached hydrogens (tertiary/aromatic N) is 3. The summed E-state index contributed by atoms with van der Waals surface area (Å²) in [4.78, 5) is 74.0. The zero-order chi connectivity index (χ0) is 44.0. The molecule has 1 aromatic heterocycles. The summed E-state index contributed by atoms with van der Waals surface area (Å²) in [5.74, 6) is 1.70. The van der Waals surface area contributed by atoms with Gasteiger partial charge >= 0.3 is 17.8 Å². The Bertz CT molecular complexity index is 2150. The molecule has 9 rings (SSSR count). The van der Waals surface area contributed by atoms with Gasteiger partial charge in [0.15, 0.2) is 0 Å². The predicted octanol–water partition coefficient (Wildman–Crippen LogP) is 7.40. The van der Waals surface area contributed by atoms with Crippen LogP contribution in [-0.2, 0) is 29.2 Å². The van der Waals surface area contributed by atoms with Gasteiger partial charge < -0.3 is 15.1 Å². The quantitative estimate of drug-likeness (QED) is 0.136. The molecule has 4 N–H and O–H groups in total. The Labute approximate surface area is 370 Å². The van der Waals surface area contributed by atoms with Gasteiger partial charge in [0.25, 0.3) is 5.56 Å². The molecule has 3 aliphatic heterocycles. The van der Waals surface area contributed by atoms with Gasteiger partial charge in [-0.2, -0.15) is 0 Å². The largest absolute Gasteiger partial charge is 0.328 e. The molecule has 6 amide bonds. The molecule has 63 heavy (non-hydrogen) atoms. The van der Waals surface area contributed by atoms with Crippen molar-refractivity contribution >= 4 is 23.9 Å². The van der Waals surface area contributed by atoms with Gasteiger partial charge in [0.1, 0.15) is 0 Å². The fraction of sp³-hybridized carbons (Fsp3) is 0.480. The second-order valence-corrected chi connectivity index (χ2v) is 17.7. The molecule has 334 valence electrons. The van der Waals surface area contributed by atoms with Crippen LogP contribution in [-0.4, -0.2) is 69.4 Å². The van der Waals surface area contributed by atoms with E-state index in [9.17, 15) is 28.8 Å². The smallest absolute Gasteiger partial charge is 0.320 e. The van der Waals surface area contributed by atoms with Crippen LogP contribution >= 0.6 is 0 Å². The van der Waals surface area contributed by atoms with Crippen LogP contribution in [0.4, 0.5) is 9.59 Å². The summed E-state index contributed by atoms with van der Waals surface area (Å²) >= 11 is 0. The molecule has 3 aromatic carbocycles. The van der Waals surface area contributed by atoms with Crippen LogP contribution < -0.4 is 27.2 Å². The number of aromatic amines is 1. The SMILES string of the molecule is O=C1CCN(Cc2ccc(C3CCCCC3)cc2)C(=O)N1.O=C1CCN(Cc2ccc(C3CCNCC3)cc2)C(=O)N1.O=c1ccn(Cc2ccc(C3CCCCC3)cc2)c(=O)[nH]1. The van der Waals surface area contributed by atoms with Gasteiger partial charge in [0.2, 0.25) is 11.8 Å². The lowest BCUT2D eigenvalue weighted by Gasteiger charge is -2.27. The molecule has 2 saturated carbocycles. The summed E-state index contributed by atoms with van der Waals surface area (Å²) in [6.45, 7) is 4.81. The summed E-state index contributed by atoms with van der Waals surface area (Å²) < 4.78 is 1.51. The Hall–Kier alpha value is -5.82. The average Bonchev–Trinajstić information content (AvgIpc) is 3.31. The molecule has 4 heterocycles. The molecule has 0 spiro atoms. The van der Waals surface area contributed by atoms with Crippen LogP contribution in [0.3, 0.4) is 0 Å². The first kappa shape index (κ1) is 45.2. The molecule has 0 bridgehead atoms. The fourth-order valence-electron chi connectivity index (χ4n) is 9.42. The third-order valence-electron chi connectivity index (χ3n) is 13.2. The fourth-order valence-corrected chi connectivity index (χ4v) is 9.42. The summed E-state index contributed by atoms with van der Waals surface area (Å²) in [6, 6.07) is 26.6. The number of H-pyrrole nitrogens is 1. The highest BCUT2D eigenvalue weighted by atomic mass is 16.2. The van der Waals surface area contributed by atoms with Gasteiger partial charge in [0.05, 0.1) is 6.54 Å². The molecule has 4 aromatic rings. The average molecular weight is 858 g/mol. The van der Waals surface area contributed by atoms with Crippen LogP contribution in [0.5, 0.6) is 0 Å². The Morgan fingerprint density at radius 1 is 0.460 bits per heavy atom. The highest BCUT2D eigenvalue weighted by Crippen LogP contribution is 2.34. The Morgan fingerprint density at radius 3 is 1.25 bits per heavy atom. The van der Waals surface area contributed by atoms with Gasteiger partial charge in [-0.3, -0.25) is 34.6 Å². The summed E-state index contributed by atoms with van der Waals surface area (Å²) in [7, 11) is 0. The van der Waals surface area contributed by atoms with E-state index >= 15 is 0 Å². The number of imide groups is 2. The van der Waals surface area contributed by atoms with Crippen LogP contribution in [0.25, 0.3) is 0 Å². The molecule has 5 aliphatic rings. The second-order valence-electron chi connectivity index (χ2n) is 17.7. The number of amides is 6. The lowest BCUT2D eigenvalue weighted by atomic mass is 9.84. The van der Waals surface area contributed by atoms with Crippen LogP contribution in [0.15, 0.2) is 94.6 Å². The summed E-state index contributed by atoms with van der Waals surface area (Å²) in [5.41, 5.74) is 6.81. The first-order chi connectivity index (χ1) is 30.7.